The van der Waals surface area contributed by atoms with Crippen LogP contribution in [-0.2, 0) is 4.74 Å². The van der Waals surface area contributed by atoms with E-state index in [0.717, 1.165) is 10.8 Å². The normalized spacial score (nSPS) is 30.2. The summed E-state index contributed by atoms with van der Waals surface area (Å²) in [5, 5.41) is 18.5. The number of aromatic nitrogens is 2. The van der Waals surface area contributed by atoms with Gasteiger partial charge in [0.2, 0.25) is 0 Å². The first-order valence-corrected chi connectivity index (χ1v) is 6.62. The molecule has 20 heavy (non-hydrogen) atoms. The number of nitrogens with zero attached hydrogens (tertiary/aromatic N) is 1. The van der Waals surface area contributed by atoms with Crippen molar-refractivity contribution in [1.82, 2.24) is 9.55 Å². The molecule has 2 heterocycles. The first-order chi connectivity index (χ1) is 9.49. The second kappa shape index (κ2) is 6.00. The number of ether oxygens (including phenoxy) is 1. The van der Waals surface area contributed by atoms with Gasteiger partial charge < -0.3 is 14.9 Å². The van der Waals surface area contributed by atoms with Crippen molar-refractivity contribution in [3.63, 3.8) is 0 Å². The van der Waals surface area contributed by atoms with E-state index in [4.69, 9.17) is 9.84 Å². The zero-order valence-electron chi connectivity index (χ0n) is 10.1. The van der Waals surface area contributed by atoms with Crippen molar-refractivity contribution >= 4 is 22.0 Å². The third-order valence-electron chi connectivity index (χ3n) is 2.99. The van der Waals surface area contributed by atoms with Gasteiger partial charge in [0.25, 0.3) is 5.56 Å². The Kier molecular flexibility index (Phi) is 4.53. The van der Waals surface area contributed by atoms with Gasteiger partial charge in [-0.1, -0.05) is 15.9 Å². The van der Waals surface area contributed by atoms with Gasteiger partial charge in [0.05, 0.1) is 12.2 Å². The van der Waals surface area contributed by atoms with E-state index in [0.29, 0.717) is 0 Å². The number of H-pyrrole nitrogens is 1. The van der Waals surface area contributed by atoms with E-state index in [1.165, 1.54) is 11.1 Å². The Balaban J connectivity index is 2.46. The van der Waals surface area contributed by atoms with Crippen LogP contribution in [0.4, 0.5) is 4.39 Å². The summed E-state index contributed by atoms with van der Waals surface area (Å²) in [4.78, 5) is 26.6. The van der Waals surface area contributed by atoms with Gasteiger partial charge in [0, 0.05) is 6.20 Å². The molecule has 2 rings (SSSR count). The number of nitrogens with one attached hydrogen (secondary N) is 1. The molecular weight excluding hydrogens is 339 g/mol. The monoisotopic (exact) mass is 350 g/mol. The molecule has 1 aliphatic rings. The maximum absolute atomic E-state index is 13.9. The second-order valence-corrected chi connectivity index (χ2v) is 4.75. The van der Waals surface area contributed by atoms with Crippen molar-refractivity contribution in [2.75, 3.05) is 6.61 Å². The van der Waals surface area contributed by atoms with Crippen molar-refractivity contribution in [2.24, 2.45) is 0 Å². The Hall–Kier alpha value is -1.29. The van der Waals surface area contributed by atoms with Gasteiger partial charge in [-0.2, -0.15) is 0 Å². The molecule has 0 bridgehead atoms. The van der Waals surface area contributed by atoms with Crippen LogP contribution < -0.4 is 11.2 Å². The van der Waals surface area contributed by atoms with Crippen LogP contribution in [0.5, 0.6) is 0 Å². The summed E-state index contributed by atoms with van der Waals surface area (Å²) in [5.41, 5.74) is -1.38. The molecule has 0 saturated carbocycles. The van der Waals surface area contributed by atoms with Crippen LogP contribution in [0.2, 0.25) is 0 Å². The van der Waals surface area contributed by atoms with Gasteiger partial charge in [0.15, 0.2) is 12.4 Å². The highest BCUT2D eigenvalue weighted by Crippen LogP contribution is 2.30. The molecule has 1 aliphatic heterocycles. The largest absolute Gasteiger partial charge is 0.394 e. The van der Waals surface area contributed by atoms with Crippen LogP contribution in [0.3, 0.4) is 0 Å². The fourth-order valence-electron chi connectivity index (χ4n) is 1.95. The quantitative estimate of drug-likeness (QED) is 0.681. The van der Waals surface area contributed by atoms with Crippen LogP contribution in [0.1, 0.15) is 11.8 Å². The first kappa shape index (κ1) is 15.1. The molecule has 9 heteroatoms. The van der Waals surface area contributed by atoms with E-state index in [1.54, 1.807) is 0 Å². The van der Waals surface area contributed by atoms with Crippen LogP contribution in [-0.4, -0.2) is 44.8 Å². The molecule has 1 fully saturated rings. The lowest BCUT2D eigenvalue weighted by atomic mass is 10.1. The topological polar surface area (TPSA) is 105 Å². The summed E-state index contributed by atoms with van der Waals surface area (Å²) in [7, 11) is 0. The van der Waals surface area contributed by atoms with Gasteiger partial charge in [-0.3, -0.25) is 14.3 Å². The van der Waals surface area contributed by atoms with Crippen molar-refractivity contribution < 1.29 is 19.3 Å². The van der Waals surface area contributed by atoms with Gasteiger partial charge in [-0.25, -0.2) is 9.18 Å². The van der Waals surface area contributed by atoms with Crippen molar-refractivity contribution in [3.8, 4) is 0 Å². The van der Waals surface area contributed by atoms with Crippen molar-refractivity contribution in [2.45, 2.75) is 24.6 Å². The van der Waals surface area contributed by atoms with Crippen LogP contribution in [0, 0.1) is 0 Å². The molecular formula is C11H12BrFN2O5. The molecule has 7 nitrogen and oxygen atoms in total. The van der Waals surface area contributed by atoms with Gasteiger partial charge in [0.1, 0.15) is 12.2 Å². The number of aliphatic hydroxyl groups excluding tert-OH is 2. The maximum Gasteiger partial charge on any atom is 0.330 e. The molecule has 0 aromatic carbocycles. The Labute approximate surface area is 120 Å². The molecule has 0 radical (unpaired) electrons. The smallest absolute Gasteiger partial charge is 0.330 e. The second-order valence-electron chi connectivity index (χ2n) is 4.23. The molecule has 110 valence electrons. The molecule has 0 aliphatic carbocycles. The van der Waals surface area contributed by atoms with Crippen molar-refractivity contribution in [3.05, 3.63) is 37.6 Å². The standard InChI is InChI=1S/C11H12BrFN2O5/c12-2-1-5-3-15(11(19)14-9(5)18)10-7(13)8(17)6(4-16)20-10/h1-3,6-8,10,16-17H,4H2,(H,14,18,19)/t6-,7+,8-,10-/m1/s1. The number of hydrogen-bond acceptors (Lipinski definition) is 5. The molecule has 0 unspecified atom stereocenters. The Morgan fingerprint density at radius 3 is 2.80 bits per heavy atom. The number of aliphatic hydroxyl groups is 2. The van der Waals surface area contributed by atoms with E-state index in [9.17, 15) is 19.1 Å². The highest BCUT2D eigenvalue weighted by Gasteiger charge is 2.45. The van der Waals surface area contributed by atoms with Crippen LogP contribution >= 0.6 is 15.9 Å². The van der Waals surface area contributed by atoms with E-state index in [1.807, 2.05) is 4.98 Å². The molecule has 1 aromatic heterocycles. The Bertz CT molecular complexity index is 628. The summed E-state index contributed by atoms with van der Waals surface area (Å²) in [5.74, 6) is 0. The van der Waals surface area contributed by atoms with Gasteiger partial charge in [-0.05, 0) is 11.1 Å². The average molecular weight is 351 g/mol. The Morgan fingerprint density at radius 1 is 1.55 bits per heavy atom. The minimum absolute atomic E-state index is 0.110. The minimum Gasteiger partial charge on any atom is -0.394 e. The molecule has 1 saturated heterocycles. The molecule has 3 N–H and O–H groups in total. The SMILES string of the molecule is O=c1[nH]c(=O)n([C@@H]2O[C@H](CO)[C@@H](O)[C@@H]2F)cc1C=CBr. The Morgan fingerprint density at radius 2 is 2.25 bits per heavy atom. The number of halogens is 2. The predicted molar refractivity (Wildman–Crippen MR) is 71.2 cm³/mol. The summed E-state index contributed by atoms with van der Waals surface area (Å²) in [6.45, 7) is -0.579. The number of alkyl halides is 1. The van der Waals surface area contributed by atoms with E-state index in [2.05, 4.69) is 15.9 Å². The lowest BCUT2D eigenvalue weighted by molar-refractivity contribution is -0.0491. The third kappa shape index (κ3) is 2.62. The lowest BCUT2D eigenvalue weighted by Crippen LogP contribution is -2.36. The third-order valence-corrected chi connectivity index (χ3v) is 3.25. The average Bonchev–Trinajstić information content (AvgIpc) is 2.70. The molecule has 4 atom stereocenters. The number of aromatic amines is 1. The maximum atomic E-state index is 13.9. The van der Waals surface area contributed by atoms with Crippen LogP contribution in [0.25, 0.3) is 6.08 Å². The lowest BCUT2D eigenvalue weighted by Gasteiger charge is -2.16. The van der Waals surface area contributed by atoms with Gasteiger partial charge in [-0.15, -0.1) is 0 Å². The highest BCUT2D eigenvalue weighted by atomic mass is 79.9. The fraction of sp³-hybridized carbons (Fsp3) is 0.455. The first-order valence-electron chi connectivity index (χ1n) is 5.70. The van der Waals surface area contributed by atoms with Crippen LogP contribution in [0.15, 0.2) is 20.8 Å². The number of rotatable bonds is 3. The molecule has 0 amide bonds. The molecule has 0 spiro atoms. The zero-order valence-corrected chi connectivity index (χ0v) is 11.7. The summed E-state index contributed by atoms with van der Waals surface area (Å²) < 4.78 is 19.9. The van der Waals surface area contributed by atoms with E-state index >= 15 is 0 Å². The number of hydrogen-bond donors (Lipinski definition) is 3. The van der Waals surface area contributed by atoms with Gasteiger partial charge >= 0.3 is 5.69 Å². The summed E-state index contributed by atoms with van der Waals surface area (Å²) in [6, 6.07) is 0. The fourth-order valence-corrected chi connectivity index (χ4v) is 2.24. The highest BCUT2D eigenvalue weighted by molar-refractivity contribution is 9.11. The summed E-state index contributed by atoms with van der Waals surface area (Å²) >= 11 is 2.99. The van der Waals surface area contributed by atoms with E-state index in [-0.39, 0.29) is 5.56 Å². The summed E-state index contributed by atoms with van der Waals surface area (Å²) in [6.07, 6.45) is -3.46. The van der Waals surface area contributed by atoms with E-state index < -0.39 is 42.5 Å². The zero-order chi connectivity index (χ0) is 14.9. The predicted octanol–water partition coefficient (Wildman–Crippen LogP) is -0.509. The minimum atomic E-state index is -1.89. The van der Waals surface area contributed by atoms with Crippen molar-refractivity contribution in [1.29, 1.82) is 0 Å². The molecule has 1 aromatic rings.